The van der Waals surface area contributed by atoms with E-state index in [-0.39, 0.29) is 30.6 Å². The summed E-state index contributed by atoms with van der Waals surface area (Å²) in [7, 11) is -3.87. The Kier molecular flexibility index (Phi) is 11.3. The van der Waals surface area contributed by atoms with Crippen LogP contribution in [-0.4, -0.2) is 50.0 Å². The standard InChI is InChI=1S/C29H32Cl3N3O4S/c1-4-20(2)33-29(37)27(17-21-8-6-5-7-9-21)34(18-22-10-15-25(31)26(32)16-22)28(36)19-35(40(3,38)39)24-13-11-23(30)12-14-24/h5-16,20,27H,4,17-19H2,1-3H3,(H,33,37)/t20-,27-/m1/s1. The molecule has 7 nitrogen and oxygen atoms in total. The van der Waals surface area contributed by atoms with E-state index >= 15 is 0 Å². The van der Waals surface area contributed by atoms with Crippen molar-refractivity contribution >= 4 is 62.3 Å². The van der Waals surface area contributed by atoms with Gasteiger partial charge in [-0.05, 0) is 60.9 Å². The summed E-state index contributed by atoms with van der Waals surface area (Å²) >= 11 is 18.4. The van der Waals surface area contributed by atoms with Crippen LogP contribution in [0.25, 0.3) is 0 Å². The van der Waals surface area contributed by atoms with Crippen molar-refractivity contribution in [3.63, 3.8) is 0 Å². The maximum Gasteiger partial charge on any atom is 0.244 e. The van der Waals surface area contributed by atoms with Gasteiger partial charge in [0.1, 0.15) is 12.6 Å². The van der Waals surface area contributed by atoms with Crippen LogP contribution in [0, 0.1) is 0 Å². The van der Waals surface area contributed by atoms with Crippen molar-refractivity contribution in [1.82, 2.24) is 10.2 Å². The smallest absolute Gasteiger partial charge is 0.244 e. The summed E-state index contributed by atoms with van der Waals surface area (Å²) in [6.07, 6.45) is 1.94. The minimum absolute atomic E-state index is 0.000627. The van der Waals surface area contributed by atoms with Gasteiger partial charge in [0.15, 0.2) is 0 Å². The molecule has 214 valence electrons. The third-order valence-corrected chi connectivity index (χ3v) is 8.53. The van der Waals surface area contributed by atoms with Crippen molar-refractivity contribution < 1.29 is 18.0 Å². The van der Waals surface area contributed by atoms with Gasteiger partial charge in [0.25, 0.3) is 0 Å². The summed E-state index contributed by atoms with van der Waals surface area (Å²) in [6, 6.07) is 19.4. The topological polar surface area (TPSA) is 86.8 Å². The van der Waals surface area contributed by atoms with Gasteiger partial charge >= 0.3 is 0 Å². The molecule has 0 saturated carbocycles. The molecule has 11 heteroatoms. The molecule has 0 aliphatic heterocycles. The third-order valence-electron chi connectivity index (χ3n) is 6.40. The minimum Gasteiger partial charge on any atom is -0.352 e. The molecule has 0 aliphatic carbocycles. The largest absolute Gasteiger partial charge is 0.352 e. The molecule has 1 N–H and O–H groups in total. The van der Waals surface area contributed by atoms with Gasteiger partial charge in [-0.2, -0.15) is 0 Å². The number of carbonyl (C=O) groups excluding carboxylic acids is 2. The Hall–Kier alpha value is -2.78. The van der Waals surface area contributed by atoms with Crippen LogP contribution in [0.3, 0.4) is 0 Å². The van der Waals surface area contributed by atoms with E-state index in [1.54, 1.807) is 30.3 Å². The number of amides is 2. The highest BCUT2D eigenvalue weighted by Gasteiger charge is 2.33. The average molecular weight is 625 g/mol. The highest BCUT2D eigenvalue weighted by atomic mass is 35.5. The molecule has 0 spiro atoms. The SMILES string of the molecule is CC[C@@H](C)NC(=O)[C@@H](Cc1ccccc1)N(Cc1ccc(Cl)c(Cl)c1)C(=O)CN(c1ccc(Cl)cc1)S(C)(=O)=O. The molecule has 0 radical (unpaired) electrons. The van der Waals surface area contributed by atoms with Crippen LogP contribution in [0.4, 0.5) is 5.69 Å². The molecule has 0 saturated heterocycles. The first-order valence-corrected chi connectivity index (χ1v) is 15.7. The van der Waals surface area contributed by atoms with Crippen LogP contribution >= 0.6 is 34.8 Å². The lowest BCUT2D eigenvalue weighted by Crippen LogP contribution is -2.54. The Morgan fingerprint density at radius 3 is 2.12 bits per heavy atom. The average Bonchev–Trinajstić information content (AvgIpc) is 2.91. The van der Waals surface area contributed by atoms with Crippen molar-refractivity contribution in [2.45, 2.75) is 45.3 Å². The first-order valence-electron chi connectivity index (χ1n) is 12.7. The summed E-state index contributed by atoms with van der Waals surface area (Å²) in [5, 5.41) is 4.06. The maximum atomic E-state index is 14.0. The zero-order valence-corrected chi connectivity index (χ0v) is 25.6. The fraction of sp³-hybridized carbons (Fsp3) is 0.310. The number of halogens is 3. The van der Waals surface area contributed by atoms with E-state index in [2.05, 4.69) is 5.32 Å². The number of benzene rings is 3. The van der Waals surface area contributed by atoms with Crippen LogP contribution in [-0.2, 0) is 32.6 Å². The number of hydrogen-bond acceptors (Lipinski definition) is 4. The molecule has 40 heavy (non-hydrogen) atoms. The second kappa shape index (κ2) is 14.2. The van der Waals surface area contributed by atoms with Gasteiger partial charge in [-0.15, -0.1) is 0 Å². The number of carbonyl (C=O) groups is 2. The van der Waals surface area contributed by atoms with E-state index in [1.807, 2.05) is 44.2 Å². The van der Waals surface area contributed by atoms with Gasteiger partial charge in [-0.3, -0.25) is 13.9 Å². The molecule has 3 aromatic rings. The molecular weight excluding hydrogens is 593 g/mol. The van der Waals surface area contributed by atoms with Gasteiger partial charge in [0, 0.05) is 24.0 Å². The Balaban J connectivity index is 2.07. The number of sulfonamides is 1. The summed E-state index contributed by atoms with van der Waals surface area (Å²) in [5.41, 5.74) is 1.75. The zero-order valence-electron chi connectivity index (χ0n) is 22.5. The van der Waals surface area contributed by atoms with Crippen molar-refractivity contribution in [3.05, 3.63) is 99.0 Å². The molecule has 0 fully saturated rings. The monoisotopic (exact) mass is 623 g/mol. The Bertz CT molecular complexity index is 1420. The third kappa shape index (κ3) is 8.86. The van der Waals surface area contributed by atoms with Crippen molar-refractivity contribution in [2.24, 2.45) is 0 Å². The zero-order chi connectivity index (χ0) is 29.4. The van der Waals surface area contributed by atoms with E-state index in [0.717, 1.165) is 16.1 Å². The predicted octanol–water partition coefficient (Wildman–Crippen LogP) is 5.97. The highest BCUT2D eigenvalue weighted by Crippen LogP contribution is 2.25. The molecule has 0 aliphatic rings. The second-order valence-electron chi connectivity index (χ2n) is 9.54. The molecule has 0 bridgehead atoms. The summed E-state index contributed by atoms with van der Waals surface area (Å²) in [6.45, 7) is 3.31. The van der Waals surface area contributed by atoms with Gasteiger partial charge < -0.3 is 10.2 Å². The van der Waals surface area contributed by atoms with Crippen LogP contribution in [0.2, 0.25) is 15.1 Å². The van der Waals surface area contributed by atoms with Gasteiger partial charge in [0.2, 0.25) is 21.8 Å². The summed E-state index contributed by atoms with van der Waals surface area (Å²) < 4.78 is 26.6. The Morgan fingerprint density at radius 1 is 0.900 bits per heavy atom. The molecule has 3 aromatic carbocycles. The number of nitrogens with zero attached hydrogens (tertiary/aromatic N) is 2. The van der Waals surface area contributed by atoms with E-state index in [4.69, 9.17) is 34.8 Å². The highest BCUT2D eigenvalue weighted by molar-refractivity contribution is 7.92. The van der Waals surface area contributed by atoms with Crippen molar-refractivity contribution in [3.8, 4) is 0 Å². The van der Waals surface area contributed by atoms with Crippen LogP contribution < -0.4 is 9.62 Å². The Morgan fingerprint density at radius 2 is 1.55 bits per heavy atom. The van der Waals surface area contributed by atoms with E-state index < -0.39 is 28.5 Å². The first-order chi connectivity index (χ1) is 18.9. The molecule has 0 aromatic heterocycles. The van der Waals surface area contributed by atoms with Crippen LogP contribution in [0.5, 0.6) is 0 Å². The summed E-state index contributed by atoms with van der Waals surface area (Å²) in [5.74, 6) is -0.907. The lowest BCUT2D eigenvalue weighted by atomic mass is 10.0. The van der Waals surface area contributed by atoms with Crippen LogP contribution in [0.1, 0.15) is 31.4 Å². The number of hydrogen-bond donors (Lipinski definition) is 1. The Labute approximate surface area is 251 Å². The molecule has 2 amide bonds. The fourth-order valence-corrected chi connectivity index (χ4v) is 5.35. The lowest BCUT2D eigenvalue weighted by Gasteiger charge is -2.34. The normalized spacial score (nSPS) is 12.8. The predicted molar refractivity (Wildman–Crippen MR) is 162 cm³/mol. The number of rotatable bonds is 12. The summed E-state index contributed by atoms with van der Waals surface area (Å²) in [4.78, 5) is 29.1. The van der Waals surface area contributed by atoms with Gasteiger partial charge in [-0.1, -0.05) is 78.1 Å². The molecule has 2 atom stereocenters. The maximum absolute atomic E-state index is 14.0. The van der Waals surface area contributed by atoms with E-state index in [0.29, 0.717) is 27.1 Å². The van der Waals surface area contributed by atoms with E-state index in [9.17, 15) is 18.0 Å². The van der Waals surface area contributed by atoms with E-state index in [1.165, 1.54) is 17.0 Å². The molecular formula is C29H32Cl3N3O4S. The fourth-order valence-electron chi connectivity index (χ4n) is 4.05. The van der Waals surface area contributed by atoms with Crippen LogP contribution in [0.15, 0.2) is 72.8 Å². The molecule has 0 unspecified atom stereocenters. The number of nitrogens with one attached hydrogen (secondary N) is 1. The molecule has 0 heterocycles. The first kappa shape index (κ1) is 31.7. The quantitative estimate of drug-likeness (QED) is 0.269. The van der Waals surface area contributed by atoms with Gasteiger partial charge in [-0.25, -0.2) is 8.42 Å². The minimum atomic E-state index is -3.87. The molecule has 3 rings (SSSR count). The van der Waals surface area contributed by atoms with Crippen molar-refractivity contribution in [1.29, 1.82) is 0 Å². The van der Waals surface area contributed by atoms with Crippen molar-refractivity contribution in [2.75, 3.05) is 17.1 Å². The van der Waals surface area contributed by atoms with Gasteiger partial charge in [0.05, 0.1) is 22.0 Å². The lowest BCUT2D eigenvalue weighted by molar-refractivity contribution is -0.140. The second-order valence-corrected chi connectivity index (χ2v) is 12.7. The number of anilines is 1.